The molecule has 2 N–H and O–H groups in total. The van der Waals surface area contributed by atoms with Crippen LogP contribution in [0, 0.1) is 6.92 Å². The molecule has 0 spiro atoms. The van der Waals surface area contributed by atoms with Crippen LogP contribution in [0.15, 0.2) is 24.3 Å². The zero-order valence-corrected chi connectivity index (χ0v) is 13.6. The number of carbonyl (C=O) groups is 1. The lowest BCUT2D eigenvalue weighted by Gasteiger charge is -2.22. The molecule has 0 bridgehead atoms. The number of benzene rings is 1. The smallest absolute Gasteiger partial charge is 0.223 e. The van der Waals surface area contributed by atoms with Crippen molar-refractivity contribution >= 4 is 16.9 Å². The molecule has 2 aromatic heterocycles. The van der Waals surface area contributed by atoms with Crippen LogP contribution >= 0.6 is 0 Å². The van der Waals surface area contributed by atoms with Crippen molar-refractivity contribution in [1.29, 1.82) is 0 Å². The van der Waals surface area contributed by atoms with E-state index >= 15 is 0 Å². The summed E-state index contributed by atoms with van der Waals surface area (Å²) in [7, 11) is 0. The average molecular weight is 324 g/mol. The first kappa shape index (κ1) is 14.9. The van der Waals surface area contributed by atoms with E-state index in [-0.39, 0.29) is 11.9 Å². The highest BCUT2D eigenvalue weighted by atomic mass is 16.2. The van der Waals surface area contributed by atoms with E-state index in [2.05, 4.69) is 25.1 Å². The van der Waals surface area contributed by atoms with Gasteiger partial charge in [0.2, 0.25) is 5.91 Å². The van der Waals surface area contributed by atoms with E-state index in [0.29, 0.717) is 12.8 Å². The zero-order valence-electron chi connectivity index (χ0n) is 13.6. The topological polar surface area (TPSA) is 90.6 Å². The number of rotatable bonds is 4. The highest BCUT2D eigenvalue weighted by Crippen LogP contribution is 2.30. The molecule has 1 amide bonds. The van der Waals surface area contributed by atoms with Gasteiger partial charge in [-0.25, -0.2) is 9.97 Å². The molecule has 1 saturated heterocycles. The van der Waals surface area contributed by atoms with Gasteiger partial charge >= 0.3 is 0 Å². The molecular weight excluding hydrogens is 304 g/mol. The van der Waals surface area contributed by atoms with E-state index in [1.807, 2.05) is 36.1 Å². The van der Waals surface area contributed by atoms with Crippen molar-refractivity contribution < 1.29 is 4.79 Å². The SMILES string of the molecule is Cc1nc(C2CCCN2C(=O)CCc2nc3ccccc3[nH]2)n[nH]1. The number of aromatic nitrogens is 5. The molecular formula is C17H20N6O. The Bertz CT molecular complexity index is 834. The van der Waals surface area contributed by atoms with Crippen LogP contribution < -0.4 is 0 Å². The number of amides is 1. The van der Waals surface area contributed by atoms with Gasteiger partial charge in [-0.15, -0.1) is 0 Å². The summed E-state index contributed by atoms with van der Waals surface area (Å²) >= 11 is 0. The number of hydrogen-bond acceptors (Lipinski definition) is 4. The van der Waals surface area contributed by atoms with Crippen LogP contribution in [0.4, 0.5) is 0 Å². The van der Waals surface area contributed by atoms with E-state index in [4.69, 9.17) is 0 Å². The van der Waals surface area contributed by atoms with Crippen molar-refractivity contribution in [2.45, 2.75) is 38.6 Å². The molecule has 24 heavy (non-hydrogen) atoms. The van der Waals surface area contributed by atoms with Crippen LogP contribution in [-0.2, 0) is 11.2 Å². The number of nitrogens with one attached hydrogen (secondary N) is 2. The molecule has 0 radical (unpaired) electrons. The Labute approximate surface area is 139 Å². The van der Waals surface area contributed by atoms with E-state index in [1.165, 1.54) is 0 Å². The van der Waals surface area contributed by atoms with Crippen molar-refractivity contribution in [3.8, 4) is 0 Å². The third-order valence-corrected chi connectivity index (χ3v) is 4.50. The van der Waals surface area contributed by atoms with Crippen molar-refractivity contribution in [3.05, 3.63) is 41.7 Å². The molecule has 7 heteroatoms. The van der Waals surface area contributed by atoms with E-state index < -0.39 is 0 Å². The molecule has 1 atom stereocenters. The fraction of sp³-hybridized carbons (Fsp3) is 0.412. The van der Waals surface area contributed by atoms with Gasteiger partial charge in [0.25, 0.3) is 0 Å². The lowest BCUT2D eigenvalue weighted by Crippen LogP contribution is -2.31. The normalized spacial score (nSPS) is 17.7. The van der Waals surface area contributed by atoms with Crippen molar-refractivity contribution in [2.75, 3.05) is 6.54 Å². The Morgan fingerprint density at radius 2 is 2.21 bits per heavy atom. The van der Waals surface area contributed by atoms with Gasteiger partial charge in [-0.2, -0.15) is 5.10 Å². The Hall–Kier alpha value is -2.70. The molecule has 0 aliphatic carbocycles. The van der Waals surface area contributed by atoms with Crippen molar-refractivity contribution in [1.82, 2.24) is 30.0 Å². The monoisotopic (exact) mass is 324 g/mol. The molecule has 1 aliphatic heterocycles. The van der Waals surface area contributed by atoms with Crippen molar-refractivity contribution in [2.24, 2.45) is 0 Å². The molecule has 0 saturated carbocycles. The Morgan fingerprint density at radius 3 is 3.00 bits per heavy atom. The Kier molecular flexibility index (Phi) is 3.76. The second-order valence-corrected chi connectivity index (χ2v) is 6.22. The van der Waals surface area contributed by atoms with E-state index in [0.717, 1.165) is 47.9 Å². The van der Waals surface area contributed by atoms with Gasteiger partial charge in [-0.1, -0.05) is 12.1 Å². The first-order chi connectivity index (χ1) is 11.7. The first-order valence-electron chi connectivity index (χ1n) is 8.33. The average Bonchev–Trinajstić information content (AvgIpc) is 3.30. The number of nitrogens with zero attached hydrogens (tertiary/aromatic N) is 4. The second-order valence-electron chi connectivity index (χ2n) is 6.22. The molecule has 4 rings (SSSR count). The molecule has 1 unspecified atom stereocenters. The summed E-state index contributed by atoms with van der Waals surface area (Å²) in [5, 5.41) is 7.09. The van der Waals surface area contributed by atoms with Crippen LogP contribution in [0.5, 0.6) is 0 Å². The first-order valence-corrected chi connectivity index (χ1v) is 8.33. The number of aromatic amines is 2. The summed E-state index contributed by atoms with van der Waals surface area (Å²) in [5.74, 6) is 2.50. The fourth-order valence-corrected chi connectivity index (χ4v) is 3.34. The Morgan fingerprint density at radius 1 is 1.33 bits per heavy atom. The molecule has 124 valence electrons. The van der Waals surface area contributed by atoms with Crippen LogP contribution in [0.1, 0.15) is 42.8 Å². The maximum Gasteiger partial charge on any atom is 0.223 e. The number of aryl methyl sites for hydroxylation is 2. The maximum absolute atomic E-state index is 12.6. The molecule has 3 aromatic rings. The number of fused-ring (bicyclic) bond motifs is 1. The third kappa shape index (κ3) is 2.77. The third-order valence-electron chi connectivity index (χ3n) is 4.50. The number of hydrogen-bond donors (Lipinski definition) is 2. The van der Waals surface area contributed by atoms with Crippen LogP contribution in [0.3, 0.4) is 0 Å². The zero-order chi connectivity index (χ0) is 16.5. The predicted molar refractivity (Wildman–Crippen MR) is 89.2 cm³/mol. The van der Waals surface area contributed by atoms with Crippen LogP contribution in [0.25, 0.3) is 11.0 Å². The van der Waals surface area contributed by atoms with Gasteiger partial charge < -0.3 is 9.88 Å². The number of para-hydroxylation sites is 2. The number of H-pyrrole nitrogens is 2. The highest BCUT2D eigenvalue weighted by molar-refractivity contribution is 5.78. The Balaban J connectivity index is 1.43. The van der Waals surface area contributed by atoms with Gasteiger partial charge in [0.15, 0.2) is 5.82 Å². The van der Waals surface area contributed by atoms with E-state index in [9.17, 15) is 4.79 Å². The summed E-state index contributed by atoms with van der Waals surface area (Å²) < 4.78 is 0. The minimum atomic E-state index is -0.00174. The van der Waals surface area contributed by atoms with Crippen LogP contribution in [0.2, 0.25) is 0 Å². The summed E-state index contributed by atoms with van der Waals surface area (Å²) in [6.07, 6.45) is 2.98. The largest absolute Gasteiger partial charge is 0.342 e. The number of likely N-dealkylation sites (tertiary alicyclic amines) is 1. The standard InChI is InChI=1S/C17H20N6O/c1-11-18-17(22-21-11)14-7-4-10-23(14)16(24)9-8-15-19-12-5-2-3-6-13(12)20-15/h2-3,5-6,14H,4,7-10H2,1H3,(H,19,20)(H,18,21,22). The lowest BCUT2D eigenvalue weighted by molar-refractivity contribution is -0.132. The van der Waals surface area contributed by atoms with Gasteiger partial charge in [0.1, 0.15) is 11.6 Å². The molecule has 1 aromatic carbocycles. The number of imidazole rings is 1. The maximum atomic E-state index is 12.6. The number of carbonyl (C=O) groups excluding carboxylic acids is 1. The minimum Gasteiger partial charge on any atom is -0.342 e. The quantitative estimate of drug-likeness (QED) is 0.770. The molecule has 1 fully saturated rings. The fourth-order valence-electron chi connectivity index (χ4n) is 3.34. The van der Waals surface area contributed by atoms with Gasteiger partial charge in [-0.3, -0.25) is 9.89 Å². The lowest BCUT2D eigenvalue weighted by atomic mass is 10.2. The van der Waals surface area contributed by atoms with Gasteiger partial charge in [-0.05, 0) is 31.9 Å². The molecule has 7 nitrogen and oxygen atoms in total. The van der Waals surface area contributed by atoms with Gasteiger partial charge in [0, 0.05) is 19.4 Å². The summed E-state index contributed by atoms with van der Waals surface area (Å²) in [6, 6.07) is 7.90. The second kappa shape index (κ2) is 6.07. The van der Waals surface area contributed by atoms with Gasteiger partial charge in [0.05, 0.1) is 17.1 Å². The van der Waals surface area contributed by atoms with E-state index in [1.54, 1.807) is 0 Å². The molecule has 3 heterocycles. The molecule has 1 aliphatic rings. The summed E-state index contributed by atoms with van der Waals surface area (Å²) in [4.78, 5) is 26.8. The highest BCUT2D eigenvalue weighted by Gasteiger charge is 2.32. The van der Waals surface area contributed by atoms with Crippen LogP contribution in [-0.4, -0.2) is 42.5 Å². The minimum absolute atomic E-state index is 0.00174. The summed E-state index contributed by atoms with van der Waals surface area (Å²) in [6.45, 7) is 2.65. The van der Waals surface area contributed by atoms with Crippen molar-refractivity contribution in [3.63, 3.8) is 0 Å². The predicted octanol–water partition coefficient (Wildman–Crippen LogP) is 2.29. The summed E-state index contributed by atoms with van der Waals surface area (Å²) in [5.41, 5.74) is 1.95.